The van der Waals surface area contributed by atoms with Crippen LogP contribution in [0.2, 0.25) is 0 Å². The van der Waals surface area contributed by atoms with E-state index in [9.17, 15) is 23.1 Å². The van der Waals surface area contributed by atoms with Crippen molar-refractivity contribution < 1.29 is 23.1 Å². The number of nitrogens with one attached hydrogen (secondary N) is 1. The molecule has 1 amide bonds. The van der Waals surface area contributed by atoms with Crippen LogP contribution in [0.4, 0.5) is 13.2 Å². The second kappa shape index (κ2) is 8.01. The van der Waals surface area contributed by atoms with Gasteiger partial charge in [0.1, 0.15) is 0 Å². The highest BCUT2D eigenvalue weighted by Gasteiger charge is 2.30. The van der Waals surface area contributed by atoms with Crippen molar-refractivity contribution in [1.82, 2.24) is 5.32 Å². The molecule has 0 aromatic heterocycles. The fraction of sp³-hybridized carbons (Fsp3) is 0.611. The lowest BCUT2D eigenvalue weighted by atomic mass is 9.87. The highest BCUT2D eigenvalue weighted by molar-refractivity contribution is 5.76. The Bertz CT molecular complexity index is 559. The summed E-state index contributed by atoms with van der Waals surface area (Å²) in [5, 5.41) is 12.5. The first-order valence-electron chi connectivity index (χ1n) is 8.37. The molecule has 1 aromatic rings. The normalized spacial score (nSPS) is 22.9. The Balaban J connectivity index is 1.85. The molecule has 1 aromatic carbocycles. The van der Waals surface area contributed by atoms with Gasteiger partial charge < -0.3 is 10.4 Å². The number of aliphatic hydroxyl groups is 1. The Morgan fingerprint density at radius 1 is 1.38 bits per heavy atom. The maximum absolute atomic E-state index is 12.8. The number of benzene rings is 1. The lowest BCUT2D eigenvalue weighted by molar-refractivity contribution is -0.137. The standard InChI is InChI=1S/C18H24F3NO2/c1-12(14-5-3-6-15(10-14)18(19,20)21)8-17(24)22-11-13-4-2-7-16(23)9-13/h3,5-6,10,12-13,16,23H,2,4,7-9,11H2,1H3,(H,22,24). The summed E-state index contributed by atoms with van der Waals surface area (Å²) < 4.78 is 38.3. The van der Waals surface area contributed by atoms with Crippen molar-refractivity contribution in [3.05, 3.63) is 35.4 Å². The zero-order chi connectivity index (χ0) is 17.7. The van der Waals surface area contributed by atoms with E-state index in [1.54, 1.807) is 13.0 Å². The van der Waals surface area contributed by atoms with Crippen LogP contribution in [0.15, 0.2) is 24.3 Å². The molecule has 6 heteroatoms. The topological polar surface area (TPSA) is 49.3 Å². The predicted molar refractivity (Wildman–Crippen MR) is 85.5 cm³/mol. The number of aliphatic hydroxyl groups excluding tert-OH is 1. The Morgan fingerprint density at radius 2 is 2.12 bits per heavy atom. The van der Waals surface area contributed by atoms with Gasteiger partial charge in [-0.3, -0.25) is 4.79 Å². The van der Waals surface area contributed by atoms with Crippen molar-refractivity contribution in [3.63, 3.8) is 0 Å². The van der Waals surface area contributed by atoms with Crippen LogP contribution in [-0.4, -0.2) is 23.7 Å². The number of carbonyl (C=O) groups is 1. The summed E-state index contributed by atoms with van der Waals surface area (Å²) in [4.78, 5) is 12.0. The monoisotopic (exact) mass is 343 g/mol. The van der Waals surface area contributed by atoms with Crippen LogP contribution in [0, 0.1) is 5.92 Å². The molecular weight excluding hydrogens is 319 g/mol. The molecule has 1 saturated carbocycles. The van der Waals surface area contributed by atoms with Gasteiger partial charge in [0, 0.05) is 13.0 Å². The van der Waals surface area contributed by atoms with Crippen molar-refractivity contribution in [2.24, 2.45) is 5.92 Å². The van der Waals surface area contributed by atoms with Crippen LogP contribution in [0.5, 0.6) is 0 Å². The van der Waals surface area contributed by atoms with Crippen LogP contribution in [0.25, 0.3) is 0 Å². The first-order chi connectivity index (χ1) is 11.3. The number of rotatable bonds is 5. The third-order valence-corrected chi connectivity index (χ3v) is 4.62. The molecule has 0 aliphatic heterocycles. The van der Waals surface area contributed by atoms with E-state index in [1.807, 2.05) is 0 Å². The molecule has 0 heterocycles. The largest absolute Gasteiger partial charge is 0.416 e. The number of carbonyl (C=O) groups excluding carboxylic acids is 1. The lowest BCUT2D eigenvalue weighted by Crippen LogP contribution is -2.33. The van der Waals surface area contributed by atoms with E-state index in [1.165, 1.54) is 6.07 Å². The molecule has 0 bridgehead atoms. The third kappa shape index (κ3) is 5.51. The van der Waals surface area contributed by atoms with Crippen LogP contribution in [-0.2, 0) is 11.0 Å². The fourth-order valence-electron chi connectivity index (χ4n) is 3.20. The molecular formula is C18H24F3NO2. The summed E-state index contributed by atoms with van der Waals surface area (Å²) >= 11 is 0. The Hall–Kier alpha value is -1.56. The molecule has 0 saturated heterocycles. The van der Waals surface area contributed by atoms with Gasteiger partial charge in [-0.05, 0) is 42.7 Å². The molecule has 3 nitrogen and oxygen atoms in total. The average molecular weight is 343 g/mol. The Kier molecular flexibility index (Phi) is 6.27. The van der Waals surface area contributed by atoms with Gasteiger partial charge in [-0.15, -0.1) is 0 Å². The summed E-state index contributed by atoms with van der Waals surface area (Å²) in [5.74, 6) is -0.175. The number of hydrogen-bond acceptors (Lipinski definition) is 2. The van der Waals surface area contributed by atoms with Gasteiger partial charge in [0.25, 0.3) is 0 Å². The molecule has 3 unspecified atom stereocenters. The lowest BCUT2D eigenvalue weighted by Gasteiger charge is -2.26. The van der Waals surface area contributed by atoms with Crippen molar-refractivity contribution >= 4 is 5.91 Å². The van der Waals surface area contributed by atoms with Crippen LogP contribution >= 0.6 is 0 Å². The molecule has 3 atom stereocenters. The zero-order valence-corrected chi connectivity index (χ0v) is 13.8. The smallest absolute Gasteiger partial charge is 0.393 e. The van der Waals surface area contributed by atoms with Crippen molar-refractivity contribution in [2.75, 3.05) is 6.54 Å². The first kappa shape index (κ1) is 18.8. The van der Waals surface area contributed by atoms with Gasteiger partial charge in [0.05, 0.1) is 11.7 Å². The molecule has 1 fully saturated rings. The zero-order valence-electron chi connectivity index (χ0n) is 13.8. The highest BCUT2D eigenvalue weighted by atomic mass is 19.4. The SMILES string of the molecule is CC(CC(=O)NCC1CCCC(O)C1)c1cccc(C(F)(F)F)c1. The maximum Gasteiger partial charge on any atom is 0.416 e. The molecule has 1 aliphatic carbocycles. The van der Waals surface area contributed by atoms with Gasteiger partial charge in [-0.1, -0.05) is 31.5 Å². The van der Waals surface area contributed by atoms with E-state index < -0.39 is 11.7 Å². The Labute approximate surface area is 140 Å². The molecule has 1 aliphatic rings. The van der Waals surface area contributed by atoms with Crippen LogP contribution < -0.4 is 5.32 Å². The van der Waals surface area contributed by atoms with Gasteiger partial charge in [-0.2, -0.15) is 13.2 Å². The molecule has 24 heavy (non-hydrogen) atoms. The second-order valence-corrected chi connectivity index (χ2v) is 6.72. The maximum atomic E-state index is 12.8. The number of amides is 1. The molecule has 0 radical (unpaired) electrons. The van der Waals surface area contributed by atoms with Crippen molar-refractivity contribution in [3.8, 4) is 0 Å². The van der Waals surface area contributed by atoms with Gasteiger partial charge in [0.2, 0.25) is 5.91 Å². The molecule has 2 N–H and O–H groups in total. The number of alkyl halides is 3. The quantitative estimate of drug-likeness (QED) is 0.853. The summed E-state index contributed by atoms with van der Waals surface area (Å²) in [6, 6.07) is 5.13. The number of hydrogen-bond donors (Lipinski definition) is 2. The van der Waals surface area contributed by atoms with E-state index in [4.69, 9.17) is 0 Å². The van der Waals surface area contributed by atoms with E-state index in [0.717, 1.165) is 31.4 Å². The summed E-state index contributed by atoms with van der Waals surface area (Å²) in [5.41, 5.74) is -0.184. The predicted octanol–water partition coefficient (Wildman–Crippen LogP) is 3.87. The first-order valence-corrected chi connectivity index (χ1v) is 8.37. The minimum absolute atomic E-state index is 0.149. The minimum atomic E-state index is -4.38. The fourth-order valence-corrected chi connectivity index (χ4v) is 3.20. The molecule has 0 spiro atoms. The highest BCUT2D eigenvalue weighted by Crippen LogP contribution is 2.31. The Morgan fingerprint density at radius 3 is 2.79 bits per heavy atom. The van der Waals surface area contributed by atoms with Gasteiger partial charge in [0.15, 0.2) is 0 Å². The van der Waals surface area contributed by atoms with E-state index in [-0.39, 0.29) is 30.3 Å². The van der Waals surface area contributed by atoms with Crippen LogP contribution in [0.1, 0.15) is 56.1 Å². The summed E-state index contributed by atoms with van der Waals surface area (Å²) in [6.07, 6.45) is -1.05. The second-order valence-electron chi connectivity index (χ2n) is 6.72. The van der Waals surface area contributed by atoms with E-state index in [0.29, 0.717) is 18.5 Å². The third-order valence-electron chi connectivity index (χ3n) is 4.62. The summed E-state index contributed by atoms with van der Waals surface area (Å²) in [6.45, 7) is 2.27. The van der Waals surface area contributed by atoms with Gasteiger partial charge >= 0.3 is 6.18 Å². The average Bonchev–Trinajstić information content (AvgIpc) is 2.52. The minimum Gasteiger partial charge on any atom is -0.393 e. The van der Waals surface area contributed by atoms with Crippen molar-refractivity contribution in [2.45, 2.75) is 57.2 Å². The van der Waals surface area contributed by atoms with Crippen molar-refractivity contribution in [1.29, 1.82) is 0 Å². The van der Waals surface area contributed by atoms with E-state index >= 15 is 0 Å². The molecule has 134 valence electrons. The van der Waals surface area contributed by atoms with Gasteiger partial charge in [-0.25, -0.2) is 0 Å². The number of halogens is 3. The van der Waals surface area contributed by atoms with E-state index in [2.05, 4.69) is 5.32 Å². The summed E-state index contributed by atoms with van der Waals surface area (Å²) in [7, 11) is 0. The van der Waals surface area contributed by atoms with Crippen LogP contribution in [0.3, 0.4) is 0 Å². The molecule has 2 rings (SSSR count).